The van der Waals surface area contributed by atoms with Crippen LogP contribution in [0.1, 0.15) is 37.2 Å². The number of rotatable bonds is 7. The standard InChI is InChI=1S/C15H22N4/c1-3-5-16-11-14-8-13(10-17-12-14)9-15-18-6-7-19(15)4-2/h6-8,10,12,16H,3-5,9,11H2,1-2H3. The Morgan fingerprint density at radius 1 is 1.21 bits per heavy atom. The highest BCUT2D eigenvalue weighted by molar-refractivity contribution is 5.21. The minimum atomic E-state index is 0.843. The summed E-state index contributed by atoms with van der Waals surface area (Å²) in [5, 5.41) is 3.40. The zero-order chi connectivity index (χ0) is 13.5. The van der Waals surface area contributed by atoms with Gasteiger partial charge >= 0.3 is 0 Å². The molecule has 0 aliphatic carbocycles. The lowest BCUT2D eigenvalue weighted by molar-refractivity contribution is 0.672. The maximum absolute atomic E-state index is 4.41. The lowest BCUT2D eigenvalue weighted by Gasteiger charge is -2.07. The van der Waals surface area contributed by atoms with Gasteiger partial charge in [-0.25, -0.2) is 4.98 Å². The van der Waals surface area contributed by atoms with Crippen LogP contribution in [0.3, 0.4) is 0 Å². The van der Waals surface area contributed by atoms with Gasteiger partial charge in [-0.15, -0.1) is 0 Å². The average molecular weight is 258 g/mol. The number of pyridine rings is 1. The van der Waals surface area contributed by atoms with Crippen molar-refractivity contribution in [3.8, 4) is 0 Å². The molecule has 0 saturated heterocycles. The van der Waals surface area contributed by atoms with Crippen molar-refractivity contribution >= 4 is 0 Å². The molecule has 0 radical (unpaired) electrons. The Hall–Kier alpha value is -1.68. The smallest absolute Gasteiger partial charge is 0.113 e. The topological polar surface area (TPSA) is 42.7 Å². The van der Waals surface area contributed by atoms with Gasteiger partial charge in [-0.2, -0.15) is 0 Å². The predicted molar refractivity (Wildman–Crippen MR) is 76.9 cm³/mol. The molecule has 0 aliphatic heterocycles. The molecule has 0 fully saturated rings. The van der Waals surface area contributed by atoms with E-state index in [4.69, 9.17) is 0 Å². The normalized spacial score (nSPS) is 10.8. The van der Waals surface area contributed by atoms with Gasteiger partial charge in [0, 0.05) is 44.3 Å². The third-order valence-corrected chi connectivity index (χ3v) is 3.11. The van der Waals surface area contributed by atoms with Crippen molar-refractivity contribution in [2.24, 2.45) is 0 Å². The lowest BCUT2D eigenvalue weighted by Crippen LogP contribution is -2.14. The SMILES string of the molecule is CCCNCc1cncc(Cc2nccn2CC)c1. The van der Waals surface area contributed by atoms with Gasteiger partial charge in [0.05, 0.1) is 0 Å². The van der Waals surface area contributed by atoms with Crippen molar-refractivity contribution in [2.45, 2.75) is 39.8 Å². The molecule has 2 aromatic rings. The van der Waals surface area contributed by atoms with Gasteiger partial charge in [0.2, 0.25) is 0 Å². The van der Waals surface area contributed by atoms with Crippen LogP contribution in [0.2, 0.25) is 0 Å². The van der Waals surface area contributed by atoms with Crippen LogP contribution in [-0.2, 0) is 19.5 Å². The summed E-state index contributed by atoms with van der Waals surface area (Å²) in [6.45, 7) is 7.20. The molecule has 0 spiro atoms. The first-order chi connectivity index (χ1) is 9.33. The maximum atomic E-state index is 4.41. The first-order valence-corrected chi connectivity index (χ1v) is 6.97. The fourth-order valence-corrected chi connectivity index (χ4v) is 2.12. The van der Waals surface area contributed by atoms with E-state index in [9.17, 15) is 0 Å². The summed E-state index contributed by atoms with van der Waals surface area (Å²) >= 11 is 0. The summed E-state index contributed by atoms with van der Waals surface area (Å²) in [5.41, 5.74) is 2.46. The second kappa shape index (κ2) is 7.04. The lowest BCUT2D eigenvalue weighted by atomic mass is 10.1. The number of imidazole rings is 1. The van der Waals surface area contributed by atoms with E-state index >= 15 is 0 Å². The van der Waals surface area contributed by atoms with Crippen molar-refractivity contribution in [3.63, 3.8) is 0 Å². The molecule has 19 heavy (non-hydrogen) atoms. The zero-order valence-corrected chi connectivity index (χ0v) is 11.8. The molecule has 0 atom stereocenters. The monoisotopic (exact) mass is 258 g/mol. The Labute approximate surface area is 114 Å². The van der Waals surface area contributed by atoms with Crippen molar-refractivity contribution in [1.82, 2.24) is 19.9 Å². The van der Waals surface area contributed by atoms with Crippen LogP contribution < -0.4 is 5.32 Å². The number of nitrogens with one attached hydrogen (secondary N) is 1. The molecular formula is C15H22N4. The number of hydrogen-bond donors (Lipinski definition) is 1. The molecule has 0 bridgehead atoms. The quantitative estimate of drug-likeness (QED) is 0.775. The van der Waals surface area contributed by atoms with Crippen LogP contribution in [0, 0.1) is 0 Å². The molecule has 2 rings (SSSR count). The van der Waals surface area contributed by atoms with E-state index in [1.807, 2.05) is 24.8 Å². The Balaban J connectivity index is 2.02. The van der Waals surface area contributed by atoms with Crippen molar-refractivity contribution in [2.75, 3.05) is 6.54 Å². The van der Waals surface area contributed by atoms with E-state index in [1.165, 1.54) is 11.1 Å². The highest BCUT2D eigenvalue weighted by atomic mass is 15.0. The molecule has 2 heterocycles. The molecular weight excluding hydrogens is 236 g/mol. The van der Waals surface area contributed by atoms with Crippen LogP contribution in [0.25, 0.3) is 0 Å². The minimum Gasteiger partial charge on any atom is -0.335 e. The Morgan fingerprint density at radius 2 is 2.05 bits per heavy atom. The van der Waals surface area contributed by atoms with Crippen LogP contribution >= 0.6 is 0 Å². The number of nitrogens with zero attached hydrogens (tertiary/aromatic N) is 3. The Morgan fingerprint density at radius 3 is 2.84 bits per heavy atom. The predicted octanol–water partition coefficient (Wildman–Crippen LogP) is 2.39. The van der Waals surface area contributed by atoms with Gasteiger partial charge in [0.25, 0.3) is 0 Å². The summed E-state index contributed by atoms with van der Waals surface area (Å²) in [5.74, 6) is 1.10. The molecule has 1 N–H and O–H groups in total. The van der Waals surface area contributed by atoms with Crippen molar-refractivity contribution in [3.05, 3.63) is 47.8 Å². The summed E-state index contributed by atoms with van der Waals surface area (Å²) in [6, 6.07) is 2.21. The maximum Gasteiger partial charge on any atom is 0.113 e. The molecule has 4 heteroatoms. The Bertz CT molecular complexity index is 504. The molecule has 102 valence electrons. The summed E-state index contributed by atoms with van der Waals surface area (Å²) in [7, 11) is 0. The highest BCUT2D eigenvalue weighted by Crippen LogP contribution is 2.09. The van der Waals surface area contributed by atoms with E-state index in [0.29, 0.717) is 0 Å². The van der Waals surface area contributed by atoms with Crippen LogP contribution in [0.5, 0.6) is 0 Å². The fraction of sp³-hybridized carbons (Fsp3) is 0.467. The third kappa shape index (κ3) is 3.89. The molecule has 0 saturated carbocycles. The largest absolute Gasteiger partial charge is 0.335 e. The number of aromatic nitrogens is 3. The van der Waals surface area contributed by atoms with E-state index in [1.54, 1.807) is 0 Å². The van der Waals surface area contributed by atoms with Gasteiger partial charge in [-0.3, -0.25) is 4.98 Å². The van der Waals surface area contributed by atoms with E-state index < -0.39 is 0 Å². The number of aryl methyl sites for hydroxylation is 1. The summed E-state index contributed by atoms with van der Waals surface area (Å²) in [4.78, 5) is 8.73. The molecule has 0 aliphatic rings. The van der Waals surface area contributed by atoms with Gasteiger partial charge in [-0.05, 0) is 31.0 Å². The first-order valence-electron chi connectivity index (χ1n) is 6.97. The van der Waals surface area contributed by atoms with E-state index in [0.717, 1.165) is 38.3 Å². The van der Waals surface area contributed by atoms with Crippen LogP contribution in [0.4, 0.5) is 0 Å². The third-order valence-electron chi connectivity index (χ3n) is 3.11. The number of hydrogen-bond acceptors (Lipinski definition) is 3. The molecule has 0 amide bonds. The van der Waals surface area contributed by atoms with Crippen molar-refractivity contribution < 1.29 is 0 Å². The Kier molecular flexibility index (Phi) is 5.10. The van der Waals surface area contributed by atoms with Gasteiger partial charge in [0.15, 0.2) is 0 Å². The van der Waals surface area contributed by atoms with Crippen LogP contribution in [0.15, 0.2) is 30.9 Å². The molecule has 0 aromatic carbocycles. The summed E-state index contributed by atoms with van der Waals surface area (Å²) < 4.78 is 2.17. The average Bonchev–Trinajstić information content (AvgIpc) is 2.87. The van der Waals surface area contributed by atoms with E-state index in [-0.39, 0.29) is 0 Å². The minimum absolute atomic E-state index is 0.843. The molecule has 2 aromatic heterocycles. The van der Waals surface area contributed by atoms with Gasteiger partial charge in [-0.1, -0.05) is 13.0 Å². The van der Waals surface area contributed by atoms with Crippen LogP contribution in [-0.4, -0.2) is 21.1 Å². The second-order valence-electron chi connectivity index (χ2n) is 4.68. The molecule has 4 nitrogen and oxygen atoms in total. The summed E-state index contributed by atoms with van der Waals surface area (Å²) in [6.07, 6.45) is 9.74. The van der Waals surface area contributed by atoms with E-state index in [2.05, 4.69) is 39.8 Å². The van der Waals surface area contributed by atoms with Crippen molar-refractivity contribution in [1.29, 1.82) is 0 Å². The first kappa shape index (κ1) is 13.7. The second-order valence-corrected chi connectivity index (χ2v) is 4.68. The zero-order valence-electron chi connectivity index (χ0n) is 11.8. The van der Waals surface area contributed by atoms with Gasteiger partial charge < -0.3 is 9.88 Å². The highest BCUT2D eigenvalue weighted by Gasteiger charge is 2.04. The fourth-order valence-electron chi connectivity index (χ4n) is 2.12. The molecule has 0 unspecified atom stereocenters. The van der Waals surface area contributed by atoms with Gasteiger partial charge in [0.1, 0.15) is 5.82 Å².